The van der Waals surface area contributed by atoms with Gasteiger partial charge in [-0.25, -0.2) is 0 Å². The molecule has 2 rings (SSSR count). The molecule has 0 spiro atoms. The summed E-state index contributed by atoms with van der Waals surface area (Å²) in [6.45, 7) is 1.94. The summed E-state index contributed by atoms with van der Waals surface area (Å²) in [7, 11) is 1.52. The van der Waals surface area contributed by atoms with Crippen molar-refractivity contribution in [3.05, 3.63) is 59.7 Å². The van der Waals surface area contributed by atoms with Gasteiger partial charge in [-0.15, -0.1) is 0 Å². The summed E-state index contributed by atoms with van der Waals surface area (Å²) in [6.07, 6.45) is 0. The zero-order valence-electron chi connectivity index (χ0n) is 11.6. The number of anilines is 1. The predicted octanol–water partition coefficient (Wildman–Crippen LogP) is 2.77. The molecule has 0 aliphatic heterocycles. The number of amides is 1. The quantitative estimate of drug-likeness (QED) is 0.840. The monoisotopic (exact) mass is 270 g/mol. The van der Waals surface area contributed by atoms with E-state index in [1.807, 2.05) is 37.3 Å². The van der Waals surface area contributed by atoms with Crippen LogP contribution in [-0.4, -0.2) is 13.0 Å². The van der Waals surface area contributed by atoms with Crippen LogP contribution in [-0.2, 0) is 0 Å². The molecule has 4 nitrogen and oxygen atoms in total. The number of ether oxygens (including phenoxy) is 1. The van der Waals surface area contributed by atoms with Crippen molar-refractivity contribution in [1.82, 2.24) is 5.32 Å². The summed E-state index contributed by atoms with van der Waals surface area (Å²) in [5, 5.41) is 2.95. The number of methoxy groups -OCH3 is 1. The van der Waals surface area contributed by atoms with E-state index in [-0.39, 0.29) is 11.9 Å². The van der Waals surface area contributed by atoms with Crippen LogP contribution in [0.15, 0.2) is 48.5 Å². The van der Waals surface area contributed by atoms with E-state index in [1.54, 1.807) is 18.2 Å². The molecule has 3 N–H and O–H groups in total. The Labute approximate surface area is 118 Å². The fourth-order valence-corrected chi connectivity index (χ4v) is 1.99. The van der Waals surface area contributed by atoms with E-state index >= 15 is 0 Å². The van der Waals surface area contributed by atoms with Gasteiger partial charge in [0.1, 0.15) is 5.75 Å². The van der Waals surface area contributed by atoms with Crippen molar-refractivity contribution in [2.45, 2.75) is 13.0 Å². The van der Waals surface area contributed by atoms with Gasteiger partial charge in [-0.3, -0.25) is 4.79 Å². The van der Waals surface area contributed by atoms with Crippen molar-refractivity contribution in [3.63, 3.8) is 0 Å². The van der Waals surface area contributed by atoms with Gasteiger partial charge in [-0.1, -0.05) is 30.3 Å². The van der Waals surface area contributed by atoms with Gasteiger partial charge >= 0.3 is 0 Å². The van der Waals surface area contributed by atoms with Gasteiger partial charge < -0.3 is 15.8 Å². The maximum atomic E-state index is 12.3. The third kappa shape index (κ3) is 3.09. The van der Waals surface area contributed by atoms with Crippen LogP contribution in [0.3, 0.4) is 0 Å². The van der Waals surface area contributed by atoms with Crippen LogP contribution in [0.4, 0.5) is 5.69 Å². The minimum atomic E-state index is -0.182. The molecule has 1 unspecified atom stereocenters. The van der Waals surface area contributed by atoms with Gasteiger partial charge in [0.25, 0.3) is 5.91 Å². The number of benzene rings is 2. The Bertz CT molecular complexity index is 597. The molecule has 0 heterocycles. The fourth-order valence-electron chi connectivity index (χ4n) is 1.99. The standard InChI is InChI=1S/C16H18N2O2/c1-11(12-6-4-3-5-7-12)18-16(19)14-9-8-13(17)10-15(14)20-2/h3-11H,17H2,1-2H3,(H,18,19). The maximum absolute atomic E-state index is 12.3. The number of carbonyl (C=O) groups excluding carboxylic acids is 1. The van der Waals surface area contributed by atoms with Gasteiger partial charge in [-0.05, 0) is 24.6 Å². The van der Waals surface area contributed by atoms with Gasteiger partial charge in [-0.2, -0.15) is 0 Å². The highest BCUT2D eigenvalue weighted by atomic mass is 16.5. The van der Waals surface area contributed by atoms with E-state index in [1.165, 1.54) is 7.11 Å². The Kier molecular flexibility index (Phi) is 4.25. The zero-order chi connectivity index (χ0) is 14.5. The molecule has 0 bridgehead atoms. The highest BCUT2D eigenvalue weighted by Gasteiger charge is 2.15. The molecule has 2 aromatic rings. The molecule has 0 radical (unpaired) electrons. The lowest BCUT2D eigenvalue weighted by Gasteiger charge is -2.16. The van der Waals surface area contributed by atoms with Gasteiger partial charge in [0.05, 0.1) is 18.7 Å². The molecular weight excluding hydrogens is 252 g/mol. The lowest BCUT2D eigenvalue weighted by molar-refractivity contribution is 0.0937. The zero-order valence-corrected chi connectivity index (χ0v) is 11.6. The number of nitrogens with two attached hydrogens (primary N) is 1. The van der Waals surface area contributed by atoms with Crippen molar-refractivity contribution in [2.75, 3.05) is 12.8 Å². The van der Waals surface area contributed by atoms with Gasteiger partial charge in [0.15, 0.2) is 0 Å². The van der Waals surface area contributed by atoms with Crippen molar-refractivity contribution >= 4 is 11.6 Å². The smallest absolute Gasteiger partial charge is 0.255 e. The van der Waals surface area contributed by atoms with Crippen LogP contribution >= 0.6 is 0 Å². The molecule has 20 heavy (non-hydrogen) atoms. The van der Waals surface area contributed by atoms with Crippen LogP contribution in [0.1, 0.15) is 28.9 Å². The minimum absolute atomic E-state index is 0.0778. The molecule has 2 aromatic carbocycles. The SMILES string of the molecule is COc1cc(N)ccc1C(=O)NC(C)c1ccccc1. The van der Waals surface area contributed by atoms with E-state index in [2.05, 4.69) is 5.32 Å². The first-order chi connectivity index (χ1) is 9.61. The van der Waals surface area contributed by atoms with E-state index in [0.717, 1.165) is 5.56 Å². The van der Waals surface area contributed by atoms with Crippen molar-refractivity contribution in [3.8, 4) is 5.75 Å². The first-order valence-electron chi connectivity index (χ1n) is 6.41. The third-order valence-electron chi connectivity index (χ3n) is 3.12. The molecule has 0 fully saturated rings. The number of rotatable bonds is 4. The summed E-state index contributed by atoms with van der Waals surface area (Å²) in [6, 6.07) is 14.7. The molecule has 0 aliphatic carbocycles. The molecular formula is C16H18N2O2. The average molecular weight is 270 g/mol. The topological polar surface area (TPSA) is 64.3 Å². The Hall–Kier alpha value is -2.49. The van der Waals surface area contributed by atoms with Gasteiger partial charge in [0, 0.05) is 11.8 Å². The first-order valence-corrected chi connectivity index (χ1v) is 6.41. The fraction of sp³-hybridized carbons (Fsp3) is 0.188. The van der Waals surface area contributed by atoms with Crippen LogP contribution in [0.2, 0.25) is 0 Å². The summed E-state index contributed by atoms with van der Waals surface area (Å²) in [5.41, 5.74) is 7.78. The van der Waals surface area contributed by atoms with E-state index in [9.17, 15) is 4.79 Å². The Morgan fingerprint density at radius 2 is 1.90 bits per heavy atom. The summed E-state index contributed by atoms with van der Waals surface area (Å²) in [4.78, 5) is 12.3. The normalized spacial score (nSPS) is 11.7. The van der Waals surface area contributed by atoms with Crippen LogP contribution in [0.5, 0.6) is 5.75 Å². The van der Waals surface area contributed by atoms with Crippen molar-refractivity contribution in [2.24, 2.45) is 0 Å². The molecule has 4 heteroatoms. The second-order valence-electron chi connectivity index (χ2n) is 4.57. The van der Waals surface area contributed by atoms with Crippen LogP contribution in [0, 0.1) is 0 Å². The number of carbonyl (C=O) groups is 1. The predicted molar refractivity (Wildman–Crippen MR) is 79.7 cm³/mol. The molecule has 1 atom stereocenters. The highest BCUT2D eigenvalue weighted by molar-refractivity contribution is 5.97. The first kappa shape index (κ1) is 13.9. The highest BCUT2D eigenvalue weighted by Crippen LogP contribution is 2.22. The minimum Gasteiger partial charge on any atom is -0.496 e. The summed E-state index contributed by atoms with van der Waals surface area (Å²) < 4.78 is 5.19. The Morgan fingerprint density at radius 3 is 2.55 bits per heavy atom. The van der Waals surface area contributed by atoms with Crippen molar-refractivity contribution < 1.29 is 9.53 Å². The largest absolute Gasteiger partial charge is 0.496 e. The second-order valence-corrected chi connectivity index (χ2v) is 4.57. The molecule has 1 amide bonds. The molecule has 104 valence electrons. The van der Waals surface area contributed by atoms with Crippen LogP contribution in [0.25, 0.3) is 0 Å². The molecule has 0 saturated carbocycles. The van der Waals surface area contributed by atoms with E-state index < -0.39 is 0 Å². The third-order valence-corrected chi connectivity index (χ3v) is 3.12. The van der Waals surface area contributed by atoms with E-state index in [4.69, 9.17) is 10.5 Å². The second kappa shape index (κ2) is 6.10. The Morgan fingerprint density at radius 1 is 1.20 bits per heavy atom. The Balaban J connectivity index is 2.16. The lowest BCUT2D eigenvalue weighted by Crippen LogP contribution is -2.27. The number of nitrogens with one attached hydrogen (secondary N) is 1. The summed E-state index contributed by atoms with van der Waals surface area (Å²) in [5.74, 6) is 0.293. The number of hydrogen-bond donors (Lipinski definition) is 2. The lowest BCUT2D eigenvalue weighted by atomic mass is 10.1. The summed E-state index contributed by atoms with van der Waals surface area (Å²) >= 11 is 0. The maximum Gasteiger partial charge on any atom is 0.255 e. The molecule has 0 aliphatic rings. The number of hydrogen-bond acceptors (Lipinski definition) is 3. The molecule has 0 aromatic heterocycles. The van der Waals surface area contributed by atoms with Crippen LogP contribution < -0.4 is 15.8 Å². The van der Waals surface area contributed by atoms with E-state index in [0.29, 0.717) is 17.0 Å². The van der Waals surface area contributed by atoms with Crippen molar-refractivity contribution in [1.29, 1.82) is 0 Å². The number of nitrogen functional groups attached to an aromatic ring is 1. The van der Waals surface area contributed by atoms with Gasteiger partial charge in [0.2, 0.25) is 0 Å². The molecule has 0 saturated heterocycles. The average Bonchev–Trinajstić information content (AvgIpc) is 2.47.